The average Bonchev–Trinajstić information content (AvgIpc) is 2.66. The molecule has 0 fully saturated rings. The van der Waals surface area contributed by atoms with Crippen LogP contribution in [0, 0.1) is 0 Å². The van der Waals surface area contributed by atoms with E-state index in [9.17, 15) is 14.4 Å². The maximum Gasteiger partial charge on any atom is 0.305 e. The molecule has 1 unspecified atom stereocenters. The van der Waals surface area contributed by atoms with Crippen molar-refractivity contribution in [1.82, 2.24) is 5.32 Å². The Labute approximate surface area is 148 Å². The third-order valence-electron chi connectivity index (χ3n) is 3.97. The van der Waals surface area contributed by atoms with E-state index in [1.54, 1.807) is 6.92 Å². The highest BCUT2D eigenvalue weighted by atomic mass is 16.5. The van der Waals surface area contributed by atoms with Gasteiger partial charge in [-0.2, -0.15) is 0 Å². The minimum absolute atomic E-state index is 0.0181. The van der Waals surface area contributed by atoms with Crippen molar-refractivity contribution in [1.29, 1.82) is 1.43 Å². The van der Waals surface area contributed by atoms with E-state index >= 15 is 0 Å². The number of methoxy groups -OCH3 is 1. The van der Waals surface area contributed by atoms with Crippen LogP contribution in [0.1, 0.15) is 31.4 Å². The summed E-state index contributed by atoms with van der Waals surface area (Å²) in [5.41, 5.74) is 10.6. The van der Waals surface area contributed by atoms with Crippen molar-refractivity contribution in [3.63, 3.8) is 0 Å². The second kappa shape index (κ2) is 9.26. The molecule has 0 aromatic heterocycles. The van der Waals surface area contributed by atoms with Gasteiger partial charge in [-0.3, -0.25) is 14.4 Å². The molecule has 25 heavy (non-hydrogen) atoms. The topological polar surface area (TPSA) is 145 Å². The van der Waals surface area contributed by atoms with Crippen LogP contribution in [0.15, 0.2) is 30.3 Å². The van der Waals surface area contributed by atoms with Gasteiger partial charge < -0.3 is 26.6 Å². The minimum atomic E-state index is -1.91. The van der Waals surface area contributed by atoms with Crippen molar-refractivity contribution in [2.75, 3.05) is 13.7 Å². The number of hydrogen-bond donors (Lipinski definition) is 4. The average molecular weight is 352 g/mol. The molecule has 3 atom stereocenters. The lowest BCUT2D eigenvalue weighted by Crippen LogP contribution is -2.64. The standard InChI is InChI=1S/C17H25N3O5/c1-3-17(19,15(23)12(18)9-14(21)22)16(24)20-13(10-25-2)11-7-5-4-6-8-11/h4-8,12-13H,3,9-10,18-19H2,1-2H3,(H,20,24)(H,21,22)/t12-,13-,17?/m0/s1/i/hD. The molecule has 0 saturated carbocycles. The van der Waals surface area contributed by atoms with Crippen LogP contribution in [0.25, 0.3) is 1.43 Å². The molecule has 1 rings (SSSR count). The Morgan fingerprint density at radius 3 is 2.52 bits per heavy atom. The van der Waals surface area contributed by atoms with Crippen LogP contribution in [0.4, 0.5) is 0 Å². The van der Waals surface area contributed by atoms with Crippen molar-refractivity contribution >= 4 is 17.7 Å². The number of carbonyl (C=O) groups is 3. The first-order chi connectivity index (χ1) is 12.3. The molecule has 8 nitrogen and oxygen atoms in total. The van der Waals surface area contributed by atoms with Gasteiger partial charge in [-0.25, -0.2) is 0 Å². The smallest absolute Gasteiger partial charge is 0.305 e. The van der Waals surface area contributed by atoms with Gasteiger partial charge in [0.1, 0.15) is 0 Å². The van der Waals surface area contributed by atoms with Crippen LogP contribution in [-0.2, 0) is 19.1 Å². The zero-order chi connectivity index (χ0) is 19.7. The van der Waals surface area contributed by atoms with Gasteiger partial charge in [0.05, 0.1) is 25.1 Å². The number of rotatable bonds is 10. The first kappa shape index (κ1) is 19.0. The van der Waals surface area contributed by atoms with E-state index in [2.05, 4.69) is 10.4 Å². The number of carboxylic acids is 1. The van der Waals surface area contributed by atoms with Crippen molar-refractivity contribution in [2.45, 2.75) is 37.4 Å². The SMILES string of the molecule is [2H]OC(=O)C[C@H](N)C(=O)C(N)(CC)C(=O)N[C@@H](COC)c1ccccc1. The third-order valence-corrected chi connectivity index (χ3v) is 3.97. The van der Waals surface area contributed by atoms with Gasteiger partial charge in [0.15, 0.2) is 11.3 Å². The number of ether oxygens (including phenoxy) is 1. The maximum atomic E-state index is 12.7. The highest BCUT2D eigenvalue weighted by Crippen LogP contribution is 2.17. The van der Waals surface area contributed by atoms with E-state index in [0.717, 1.165) is 5.56 Å². The maximum absolute atomic E-state index is 12.7. The molecule has 0 bridgehead atoms. The summed E-state index contributed by atoms with van der Waals surface area (Å²) in [7, 11) is 1.49. The summed E-state index contributed by atoms with van der Waals surface area (Å²) in [6.45, 7) is 1.75. The number of benzene rings is 1. The number of aliphatic carboxylic acids is 1. The zero-order valence-corrected chi connectivity index (χ0v) is 14.4. The fourth-order valence-electron chi connectivity index (χ4n) is 2.41. The van der Waals surface area contributed by atoms with E-state index in [1.807, 2.05) is 30.3 Å². The Morgan fingerprint density at radius 1 is 1.36 bits per heavy atom. The van der Waals surface area contributed by atoms with Crippen molar-refractivity contribution in [3.05, 3.63) is 35.9 Å². The minimum Gasteiger partial charge on any atom is -0.481 e. The van der Waals surface area contributed by atoms with Gasteiger partial charge in [-0.05, 0) is 12.0 Å². The normalized spacial score (nSPS) is 16.1. The second-order valence-electron chi connectivity index (χ2n) is 5.76. The first-order valence-corrected chi connectivity index (χ1v) is 7.89. The summed E-state index contributed by atoms with van der Waals surface area (Å²) in [6, 6.07) is 7.23. The van der Waals surface area contributed by atoms with Gasteiger partial charge in [0, 0.05) is 7.11 Å². The molecule has 1 aromatic carbocycles. The lowest BCUT2D eigenvalue weighted by molar-refractivity contribution is -0.143. The van der Waals surface area contributed by atoms with Gasteiger partial charge in [0.25, 0.3) is 1.43 Å². The molecule has 0 heterocycles. The summed E-state index contributed by atoms with van der Waals surface area (Å²) in [6.07, 6.45) is -0.551. The van der Waals surface area contributed by atoms with Crippen molar-refractivity contribution in [3.8, 4) is 0 Å². The number of carboxylic acid groups (broad SMARTS) is 1. The van der Waals surface area contributed by atoms with Crippen LogP contribution < -0.4 is 16.8 Å². The molecule has 0 aliphatic heterocycles. The number of ketones is 1. The molecule has 0 aliphatic rings. The monoisotopic (exact) mass is 352 g/mol. The summed E-state index contributed by atoms with van der Waals surface area (Å²) in [5, 5.41) is 6.46. The lowest BCUT2D eigenvalue weighted by Gasteiger charge is -2.30. The molecule has 0 spiro atoms. The Balaban J connectivity index is 2.97. The highest BCUT2D eigenvalue weighted by Gasteiger charge is 2.43. The number of amides is 1. The van der Waals surface area contributed by atoms with Crippen molar-refractivity contribution < 1.29 is 24.2 Å². The molecular formula is C17H25N3O5. The Hall–Kier alpha value is -2.29. The highest BCUT2D eigenvalue weighted by molar-refractivity contribution is 6.13. The molecular weight excluding hydrogens is 326 g/mol. The summed E-state index contributed by atoms with van der Waals surface area (Å²) >= 11 is 0. The van der Waals surface area contributed by atoms with Gasteiger partial charge in [-0.1, -0.05) is 37.3 Å². The summed E-state index contributed by atoms with van der Waals surface area (Å²) in [5.74, 6) is -2.50. The molecule has 6 N–H and O–H groups in total. The molecule has 8 heteroatoms. The van der Waals surface area contributed by atoms with E-state index in [1.165, 1.54) is 7.11 Å². The van der Waals surface area contributed by atoms with E-state index in [-0.39, 0.29) is 13.0 Å². The Kier molecular flexibility index (Phi) is 7.05. The van der Waals surface area contributed by atoms with Crippen LogP contribution >= 0.6 is 0 Å². The number of nitrogens with one attached hydrogen (secondary N) is 1. The molecule has 1 amide bonds. The second-order valence-corrected chi connectivity index (χ2v) is 5.76. The van der Waals surface area contributed by atoms with E-state index in [0.29, 0.717) is 0 Å². The number of carbonyl (C=O) groups excluding carboxylic acids is 2. The number of hydrogen-bond acceptors (Lipinski definition) is 7. The zero-order valence-electron chi connectivity index (χ0n) is 15.4. The van der Waals surface area contributed by atoms with Crippen LogP contribution in [0.5, 0.6) is 0 Å². The largest absolute Gasteiger partial charge is 0.481 e. The van der Waals surface area contributed by atoms with Crippen LogP contribution in [0.3, 0.4) is 0 Å². The lowest BCUT2D eigenvalue weighted by atomic mass is 9.85. The number of Topliss-reactive ketones (excluding diaryl/α,β-unsaturated/α-hetero) is 1. The van der Waals surface area contributed by atoms with Gasteiger partial charge in [-0.15, -0.1) is 0 Å². The summed E-state index contributed by atoms with van der Waals surface area (Å²) in [4.78, 5) is 36.4. The predicted octanol–water partition coefficient (Wildman–Crippen LogP) is -0.0311. The van der Waals surface area contributed by atoms with Gasteiger partial charge in [0.2, 0.25) is 5.91 Å². The van der Waals surface area contributed by atoms with Crippen LogP contribution in [0.2, 0.25) is 0 Å². The first-order valence-electron chi connectivity index (χ1n) is 8.30. The molecule has 138 valence electrons. The van der Waals surface area contributed by atoms with Crippen molar-refractivity contribution in [2.24, 2.45) is 11.5 Å². The number of nitrogens with two attached hydrogens (primary N) is 2. The third kappa shape index (κ3) is 5.35. The quantitative estimate of drug-likeness (QED) is 0.433. The fraction of sp³-hybridized carbons (Fsp3) is 0.471. The fourth-order valence-corrected chi connectivity index (χ4v) is 2.41. The van der Waals surface area contributed by atoms with E-state index < -0.39 is 41.7 Å². The summed E-state index contributed by atoms with van der Waals surface area (Å²) < 4.78 is 11.7. The van der Waals surface area contributed by atoms with Crippen LogP contribution in [-0.4, -0.2) is 48.1 Å². The Morgan fingerprint density at radius 2 is 2.00 bits per heavy atom. The van der Waals surface area contributed by atoms with Gasteiger partial charge >= 0.3 is 5.97 Å². The molecule has 0 radical (unpaired) electrons. The predicted molar refractivity (Wildman–Crippen MR) is 91.6 cm³/mol. The van der Waals surface area contributed by atoms with E-state index in [4.69, 9.17) is 17.6 Å². The Bertz CT molecular complexity index is 628. The molecule has 0 aliphatic carbocycles. The molecule has 0 saturated heterocycles. The molecule has 1 aromatic rings.